The second kappa shape index (κ2) is 7.38. The number of rotatable bonds is 3. The van der Waals surface area contributed by atoms with Crippen molar-refractivity contribution in [1.82, 2.24) is 9.78 Å². The van der Waals surface area contributed by atoms with Gasteiger partial charge in [-0.3, -0.25) is 9.59 Å². The number of anilines is 1. The molecule has 0 aliphatic carbocycles. The van der Waals surface area contributed by atoms with Crippen molar-refractivity contribution in [2.45, 2.75) is 26.3 Å². The van der Waals surface area contributed by atoms with Crippen LogP contribution in [0.15, 0.2) is 59.4 Å². The zero-order valence-corrected chi connectivity index (χ0v) is 15.6. The van der Waals surface area contributed by atoms with Crippen molar-refractivity contribution in [2.24, 2.45) is 0 Å². The maximum Gasteiger partial charge on any atom is 0.278 e. The zero-order chi connectivity index (χ0) is 19.7. The van der Waals surface area contributed by atoms with Crippen LogP contribution in [0.25, 0.3) is 0 Å². The van der Waals surface area contributed by atoms with Crippen molar-refractivity contribution < 1.29 is 9.18 Å². The van der Waals surface area contributed by atoms with Gasteiger partial charge in [0, 0.05) is 18.3 Å². The highest BCUT2D eigenvalue weighted by molar-refractivity contribution is 6.05. The number of halogens is 1. The number of hydrogen-bond acceptors (Lipinski definition) is 3. The maximum absolute atomic E-state index is 13.1. The lowest BCUT2D eigenvalue weighted by molar-refractivity contribution is 0.0978. The summed E-state index contributed by atoms with van der Waals surface area (Å²) < 4.78 is 14.3. The van der Waals surface area contributed by atoms with Crippen LogP contribution in [-0.2, 0) is 13.0 Å². The third-order valence-corrected chi connectivity index (χ3v) is 4.93. The third kappa shape index (κ3) is 3.58. The molecule has 0 unspecified atom stereocenters. The molecular weight excluding hydrogens is 357 g/mol. The molecule has 0 saturated carbocycles. The van der Waals surface area contributed by atoms with E-state index < -0.39 is 0 Å². The van der Waals surface area contributed by atoms with E-state index in [4.69, 9.17) is 0 Å². The van der Waals surface area contributed by atoms with Crippen LogP contribution >= 0.6 is 0 Å². The molecule has 2 heterocycles. The van der Waals surface area contributed by atoms with E-state index in [-0.39, 0.29) is 29.5 Å². The number of fused-ring (bicyclic) bond motifs is 1. The molecule has 2 aromatic carbocycles. The topological polar surface area (TPSA) is 55.2 Å². The summed E-state index contributed by atoms with van der Waals surface area (Å²) in [6.07, 6.45) is 1.83. The molecule has 5 nitrogen and oxygen atoms in total. The van der Waals surface area contributed by atoms with Crippen LogP contribution in [0.5, 0.6) is 0 Å². The van der Waals surface area contributed by atoms with Gasteiger partial charge in [-0.05, 0) is 55.2 Å². The Balaban J connectivity index is 1.64. The van der Waals surface area contributed by atoms with Crippen LogP contribution in [-0.4, -0.2) is 22.2 Å². The summed E-state index contributed by atoms with van der Waals surface area (Å²) in [4.78, 5) is 27.0. The Morgan fingerprint density at radius 3 is 2.68 bits per heavy atom. The minimum absolute atomic E-state index is 0.177. The molecule has 3 aromatic rings. The molecule has 1 aliphatic rings. The van der Waals surface area contributed by atoms with Crippen LogP contribution in [0.4, 0.5) is 10.1 Å². The fourth-order valence-electron chi connectivity index (χ4n) is 3.51. The molecular formula is C22H20FN3O2. The van der Waals surface area contributed by atoms with Crippen molar-refractivity contribution in [2.75, 3.05) is 11.4 Å². The first-order chi connectivity index (χ1) is 13.5. The number of aromatic nitrogens is 2. The van der Waals surface area contributed by atoms with E-state index in [1.165, 1.54) is 34.5 Å². The molecule has 0 saturated heterocycles. The number of nitrogens with zero attached hydrogens (tertiary/aromatic N) is 3. The van der Waals surface area contributed by atoms with E-state index in [1.807, 2.05) is 19.1 Å². The van der Waals surface area contributed by atoms with E-state index in [0.717, 1.165) is 29.7 Å². The number of carbonyl (C=O) groups excluding carboxylic acids is 1. The summed E-state index contributed by atoms with van der Waals surface area (Å²) in [7, 11) is 0. The molecule has 142 valence electrons. The Labute approximate surface area is 162 Å². The minimum atomic E-state index is -0.341. The average molecular weight is 377 g/mol. The molecule has 0 radical (unpaired) electrons. The molecule has 1 aromatic heterocycles. The molecule has 0 bridgehead atoms. The first kappa shape index (κ1) is 18.1. The number of aryl methyl sites for hydroxylation is 2. The largest absolute Gasteiger partial charge is 0.307 e. The predicted molar refractivity (Wildman–Crippen MR) is 105 cm³/mol. The maximum atomic E-state index is 13.1. The van der Waals surface area contributed by atoms with Crippen molar-refractivity contribution >= 4 is 11.6 Å². The summed E-state index contributed by atoms with van der Waals surface area (Å²) >= 11 is 0. The van der Waals surface area contributed by atoms with Crippen molar-refractivity contribution in [3.05, 3.63) is 93.2 Å². The predicted octanol–water partition coefficient (Wildman–Crippen LogP) is 3.33. The smallest absolute Gasteiger partial charge is 0.278 e. The van der Waals surface area contributed by atoms with E-state index in [2.05, 4.69) is 11.2 Å². The van der Waals surface area contributed by atoms with Gasteiger partial charge >= 0.3 is 0 Å². The number of carbonyl (C=O) groups is 1. The van der Waals surface area contributed by atoms with Crippen LogP contribution in [0.3, 0.4) is 0 Å². The molecule has 0 fully saturated rings. The Kier molecular flexibility index (Phi) is 4.77. The summed E-state index contributed by atoms with van der Waals surface area (Å²) in [5, 5.41) is 4.27. The highest BCUT2D eigenvalue weighted by atomic mass is 19.1. The number of hydrogen-bond donors (Lipinski definition) is 0. The molecule has 1 aliphatic heterocycles. The quantitative estimate of drug-likeness (QED) is 0.704. The van der Waals surface area contributed by atoms with E-state index in [9.17, 15) is 14.0 Å². The lowest BCUT2D eigenvalue weighted by Gasteiger charge is -2.29. The Morgan fingerprint density at radius 1 is 1.11 bits per heavy atom. The molecule has 28 heavy (non-hydrogen) atoms. The summed E-state index contributed by atoms with van der Waals surface area (Å²) in [6.45, 7) is 2.83. The second-order valence-electron chi connectivity index (χ2n) is 7.03. The normalized spacial score (nSPS) is 13.3. The molecule has 6 heteroatoms. The standard InChI is InChI=1S/C22H20FN3O2/c1-15-4-10-20-17(13-15)3-2-12-25(20)22(28)19-9-11-21(27)26(24-19)14-16-5-7-18(23)8-6-16/h4-11,13H,2-3,12,14H2,1H3. The van der Waals surface area contributed by atoms with E-state index >= 15 is 0 Å². The molecule has 0 N–H and O–H groups in total. The fraction of sp³-hybridized carbons (Fsp3) is 0.227. The van der Waals surface area contributed by atoms with Crippen molar-refractivity contribution in [1.29, 1.82) is 0 Å². The Morgan fingerprint density at radius 2 is 1.89 bits per heavy atom. The van der Waals surface area contributed by atoms with Gasteiger partial charge in [-0.15, -0.1) is 0 Å². The molecule has 0 atom stereocenters. The van der Waals surface area contributed by atoms with Gasteiger partial charge in [-0.1, -0.05) is 29.8 Å². The SMILES string of the molecule is Cc1ccc2c(c1)CCCN2C(=O)c1ccc(=O)n(Cc2ccc(F)cc2)n1. The van der Waals surface area contributed by atoms with Gasteiger partial charge in [-0.2, -0.15) is 5.10 Å². The fourth-order valence-corrected chi connectivity index (χ4v) is 3.51. The summed E-state index contributed by atoms with van der Waals surface area (Å²) in [5.41, 5.74) is 3.86. The third-order valence-electron chi connectivity index (χ3n) is 4.93. The van der Waals surface area contributed by atoms with Crippen LogP contribution in [0.1, 0.15) is 33.6 Å². The zero-order valence-electron chi connectivity index (χ0n) is 15.6. The number of benzene rings is 2. The lowest BCUT2D eigenvalue weighted by atomic mass is 9.99. The summed E-state index contributed by atoms with van der Waals surface area (Å²) in [5.74, 6) is -0.565. The minimum Gasteiger partial charge on any atom is -0.307 e. The van der Waals surface area contributed by atoms with Crippen molar-refractivity contribution in [3.8, 4) is 0 Å². The van der Waals surface area contributed by atoms with E-state index in [1.54, 1.807) is 17.0 Å². The average Bonchev–Trinajstić information content (AvgIpc) is 2.70. The number of amides is 1. The van der Waals surface area contributed by atoms with Gasteiger partial charge < -0.3 is 4.90 Å². The van der Waals surface area contributed by atoms with Gasteiger partial charge in [0.05, 0.1) is 6.54 Å². The van der Waals surface area contributed by atoms with Gasteiger partial charge in [0.2, 0.25) is 0 Å². The van der Waals surface area contributed by atoms with Crippen molar-refractivity contribution in [3.63, 3.8) is 0 Å². The summed E-state index contributed by atoms with van der Waals surface area (Å²) in [6, 6.07) is 14.8. The second-order valence-corrected chi connectivity index (χ2v) is 7.03. The Bertz CT molecular complexity index is 1090. The van der Waals surface area contributed by atoms with Crippen LogP contribution in [0.2, 0.25) is 0 Å². The first-order valence-electron chi connectivity index (χ1n) is 9.25. The highest BCUT2D eigenvalue weighted by Gasteiger charge is 2.25. The first-order valence-corrected chi connectivity index (χ1v) is 9.25. The van der Waals surface area contributed by atoms with Gasteiger partial charge in [-0.25, -0.2) is 9.07 Å². The molecule has 4 rings (SSSR count). The van der Waals surface area contributed by atoms with Gasteiger partial charge in [0.1, 0.15) is 11.5 Å². The van der Waals surface area contributed by atoms with E-state index in [0.29, 0.717) is 6.54 Å². The van der Waals surface area contributed by atoms with Gasteiger partial charge in [0.25, 0.3) is 11.5 Å². The lowest BCUT2D eigenvalue weighted by Crippen LogP contribution is -2.37. The molecule has 1 amide bonds. The van der Waals surface area contributed by atoms with Crippen LogP contribution in [0, 0.1) is 12.7 Å². The van der Waals surface area contributed by atoms with Crippen LogP contribution < -0.4 is 10.5 Å². The Hall–Kier alpha value is -3.28. The molecule has 0 spiro atoms. The monoisotopic (exact) mass is 377 g/mol. The van der Waals surface area contributed by atoms with Gasteiger partial charge in [0.15, 0.2) is 0 Å². The highest BCUT2D eigenvalue weighted by Crippen LogP contribution is 2.28.